The van der Waals surface area contributed by atoms with Crippen molar-refractivity contribution in [2.75, 3.05) is 5.32 Å². The lowest BCUT2D eigenvalue weighted by Crippen LogP contribution is -2.12. The molecule has 3 aromatic rings. The van der Waals surface area contributed by atoms with Gasteiger partial charge in [-0.25, -0.2) is 0 Å². The number of nitrogens with one attached hydrogen (secondary N) is 1. The van der Waals surface area contributed by atoms with Crippen LogP contribution in [0, 0.1) is 13.8 Å². The lowest BCUT2D eigenvalue weighted by Gasteiger charge is -2.08. The largest absolute Gasteiger partial charge is 0.486 e. The van der Waals surface area contributed by atoms with Gasteiger partial charge in [0, 0.05) is 5.56 Å². The second kappa shape index (κ2) is 8.60. The Morgan fingerprint density at radius 3 is 2.78 bits per heavy atom. The number of para-hydroxylation sites is 1. The summed E-state index contributed by atoms with van der Waals surface area (Å²) in [6, 6.07) is 13.4. The topological polar surface area (TPSA) is 64.1 Å². The van der Waals surface area contributed by atoms with Gasteiger partial charge < -0.3 is 4.74 Å². The predicted octanol–water partition coefficient (Wildman–Crippen LogP) is 4.71. The summed E-state index contributed by atoms with van der Waals surface area (Å²) in [6.45, 7) is 8.06. The maximum absolute atomic E-state index is 12.4. The van der Waals surface area contributed by atoms with E-state index in [0.29, 0.717) is 22.3 Å². The lowest BCUT2D eigenvalue weighted by molar-refractivity contribution is 0.102. The molecule has 0 aliphatic rings. The summed E-state index contributed by atoms with van der Waals surface area (Å²) in [7, 11) is 0. The highest BCUT2D eigenvalue weighted by Gasteiger charge is 2.12. The van der Waals surface area contributed by atoms with Crippen LogP contribution in [0.2, 0.25) is 0 Å². The number of ether oxygens (including phenoxy) is 1. The first-order chi connectivity index (χ1) is 13.1. The van der Waals surface area contributed by atoms with E-state index in [2.05, 4.69) is 22.1 Å². The Kier molecular flexibility index (Phi) is 5.98. The molecule has 1 heterocycles. The van der Waals surface area contributed by atoms with Crippen LogP contribution in [0.5, 0.6) is 5.75 Å². The van der Waals surface area contributed by atoms with Crippen molar-refractivity contribution in [3.05, 3.63) is 82.4 Å². The molecule has 0 spiro atoms. The molecule has 0 fully saturated rings. The van der Waals surface area contributed by atoms with E-state index >= 15 is 0 Å². The molecule has 1 amide bonds. The fourth-order valence-electron chi connectivity index (χ4n) is 2.52. The van der Waals surface area contributed by atoms with Crippen LogP contribution >= 0.6 is 11.3 Å². The van der Waals surface area contributed by atoms with Crippen molar-refractivity contribution in [2.45, 2.75) is 26.9 Å². The molecule has 27 heavy (non-hydrogen) atoms. The summed E-state index contributed by atoms with van der Waals surface area (Å²) >= 11 is 1.30. The molecular formula is C21H21N3O2S. The van der Waals surface area contributed by atoms with Crippen molar-refractivity contribution in [1.29, 1.82) is 0 Å². The van der Waals surface area contributed by atoms with Gasteiger partial charge in [0.05, 0.1) is 0 Å². The zero-order valence-corrected chi connectivity index (χ0v) is 16.2. The van der Waals surface area contributed by atoms with Crippen LogP contribution < -0.4 is 10.1 Å². The number of aryl methyl sites for hydroxylation is 2. The Labute approximate surface area is 162 Å². The molecule has 0 radical (unpaired) electrons. The van der Waals surface area contributed by atoms with Gasteiger partial charge in [0.1, 0.15) is 12.4 Å². The molecule has 0 saturated carbocycles. The summed E-state index contributed by atoms with van der Waals surface area (Å²) in [5.74, 6) is 0.603. The second-order valence-electron chi connectivity index (χ2n) is 6.14. The zero-order valence-electron chi connectivity index (χ0n) is 15.4. The van der Waals surface area contributed by atoms with Gasteiger partial charge in [0.25, 0.3) is 5.91 Å². The zero-order chi connectivity index (χ0) is 19.2. The van der Waals surface area contributed by atoms with E-state index < -0.39 is 0 Å². The van der Waals surface area contributed by atoms with Crippen LogP contribution in [0.1, 0.15) is 32.1 Å². The first-order valence-corrected chi connectivity index (χ1v) is 9.41. The molecule has 138 valence electrons. The molecule has 6 heteroatoms. The molecule has 0 atom stereocenters. The average Bonchev–Trinajstić information content (AvgIpc) is 3.11. The third-order valence-corrected chi connectivity index (χ3v) is 4.96. The fraction of sp³-hybridized carbons (Fsp3) is 0.190. The summed E-state index contributed by atoms with van der Waals surface area (Å²) in [5, 5.41) is 12.1. The molecule has 1 aromatic heterocycles. The number of benzene rings is 2. The van der Waals surface area contributed by atoms with E-state index in [1.807, 2.05) is 56.3 Å². The number of aromatic nitrogens is 2. The standard InChI is InChI=1S/C21H21N3O2S/c1-4-7-16-8-5-6-9-18(16)26-13-19-23-24-21(27-19)22-20(25)17-11-10-14(2)15(3)12-17/h4-6,8-12H,1,7,13H2,2-3H3,(H,22,24,25). The van der Waals surface area contributed by atoms with Crippen molar-refractivity contribution in [3.8, 4) is 5.75 Å². The van der Waals surface area contributed by atoms with Crippen molar-refractivity contribution >= 4 is 22.4 Å². The monoisotopic (exact) mass is 379 g/mol. The number of hydrogen-bond acceptors (Lipinski definition) is 5. The number of allylic oxidation sites excluding steroid dienone is 1. The lowest BCUT2D eigenvalue weighted by atomic mass is 10.1. The number of carbonyl (C=O) groups is 1. The minimum Gasteiger partial charge on any atom is -0.486 e. The number of carbonyl (C=O) groups excluding carboxylic acids is 1. The SMILES string of the molecule is C=CCc1ccccc1OCc1nnc(NC(=O)c2ccc(C)c(C)c2)s1. The third kappa shape index (κ3) is 4.80. The van der Waals surface area contributed by atoms with E-state index in [1.54, 1.807) is 6.07 Å². The molecule has 3 rings (SSSR count). The van der Waals surface area contributed by atoms with Crippen molar-refractivity contribution in [1.82, 2.24) is 10.2 Å². The minimum absolute atomic E-state index is 0.196. The quantitative estimate of drug-likeness (QED) is 0.604. The van der Waals surface area contributed by atoms with Gasteiger partial charge in [0.15, 0.2) is 5.01 Å². The molecule has 1 N–H and O–H groups in total. The molecule has 0 bridgehead atoms. The van der Waals surface area contributed by atoms with E-state index in [4.69, 9.17) is 4.74 Å². The number of nitrogens with zero attached hydrogens (tertiary/aromatic N) is 2. The van der Waals surface area contributed by atoms with Crippen LogP contribution in [0.3, 0.4) is 0 Å². The maximum Gasteiger partial charge on any atom is 0.257 e. The summed E-state index contributed by atoms with van der Waals surface area (Å²) in [4.78, 5) is 12.4. The Bertz CT molecular complexity index is 966. The van der Waals surface area contributed by atoms with Gasteiger partial charge in [-0.05, 0) is 55.2 Å². The van der Waals surface area contributed by atoms with Crippen LogP contribution in [0.15, 0.2) is 55.1 Å². The Balaban J connectivity index is 1.62. The molecule has 5 nitrogen and oxygen atoms in total. The van der Waals surface area contributed by atoms with Gasteiger partial charge in [-0.15, -0.1) is 16.8 Å². The third-order valence-electron chi connectivity index (χ3n) is 4.14. The van der Waals surface area contributed by atoms with Crippen molar-refractivity contribution in [2.24, 2.45) is 0 Å². The first-order valence-electron chi connectivity index (χ1n) is 8.59. The highest BCUT2D eigenvalue weighted by Crippen LogP contribution is 2.22. The summed E-state index contributed by atoms with van der Waals surface area (Å²) in [5.41, 5.74) is 3.90. The smallest absolute Gasteiger partial charge is 0.257 e. The highest BCUT2D eigenvalue weighted by atomic mass is 32.1. The van der Waals surface area contributed by atoms with Crippen LogP contribution in [0.4, 0.5) is 5.13 Å². The maximum atomic E-state index is 12.4. The van der Waals surface area contributed by atoms with E-state index in [1.165, 1.54) is 11.3 Å². The molecule has 0 unspecified atom stereocenters. The Hall–Kier alpha value is -2.99. The Morgan fingerprint density at radius 2 is 2.00 bits per heavy atom. The van der Waals surface area contributed by atoms with E-state index in [-0.39, 0.29) is 5.91 Å². The van der Waals surface area contributed by atoms with Crippen LogP contribution in [-0.2, 0) is 13.0 Å². The van der Waals surface area contributed by atoms with Gasteiger partial charge in [0.2, 0.25) is 5.13 Å². The molecule has 0 aliphatic carbocycles. The normalized spacial score (nSPS) is 10.4. The van der Waals surface area contributed by atoms with Gasteiger partial charge >= 0.3 is 0 Å². The van der Waals surface area contributed by atoms with Crippen molar-refractivity contribution in [3.63, 3.8) is 0 Å². The van der Waals surface area contributed by atoms with Gasteiger partial charge in [-0.2, -0.15) is 0 Å². The molecule has 0 aliphatic heterocycles. The number of amides is 1. The van der Waals surface area contributed by atoms with E-state index in [9.17, 15) is 4.79 Å². The molecular weight excluding hydrogens is 358 g/mol. The average molecular weight is 379 g/mol. The summed E-state index contributed by atoms with van der Waals surface area (Å²) in [6.07, 6.45) is 2.58. The van der Waals surface area contributed by atoms with Gasteiger partial charge in [-0.1, -0.05) is 41.7 Å². The van der Waals surface area contributed by atoms with Crippen LogP contribution in [0.25, 0.3) is 0 Å². The number of rotatable bonds is 7. The van der Waals surface area contributed by atoms with Crippen LogP contribution in [-0.4, -0.2) is 16.1 Å². The number of anilines is 1. The van der Waals surface area contributed by atoms with Gasteiger partial charge in [-0.3, -0.25) is 10.1 Å². The molecule has 2 aromatic carbocycles. The summed E-state index contributed by atoms with van der Waals surface area (Å²) < 4.78 is 5.86. The van der Waals surface area contributed by atoms with E-state index in [0.717, 1.165) is 28.9 Å². The first kappa shape index (κ1) is 18.8. The second-order valence-corrected chi connectivity index (χ2v) is 7.21. The predicted molar refractivity (Wildman–Crippen MR) is 108 cm³/mol. The van der Waals surface area contributed by atoms with Crippen molar-refractivity contribution < 1.29 is 9.53 Å². The fourth-order valence-corrected chi connectivity index (χ4v) is 3.17. The Morgan fingerprint density at radius 1 is 1.19 bits per heavy atom. The highest BCUT2D eigenvalue weighted by molar-refractivity contribution is 7.15. The molecule has 0 saturated heterocycles. The number of hydrogen-bond donors (Lipinski definition) is 1. The minimum atomic E-state index is -0.196.